The minimum absolute atomic E-state index is 0. The highest BCUT2D eigenvalue weighted by Gasteiger charge is 2.51. The Hall–Kier alpha value is -2.18. The first-order chi connectivity index (χ1) is 15.1. The number of nitrogens with two attached hydrogens (primary N) is 1. The lowest BCUT2D eigenvalue weighted by atomic mass is 9.64. The minimum Gasteiger partial charge on any atom is -1.00 e. The number of primary amides is 1. The van der Waals surface area contributed by atoms with Crippen LogP contribution in [0.25, 0.3) is 0 Å². The Morgan fingerprint density at radius 2 is 1.69 bits per heavy atom. The standard InChI is InChI=1S/C26H31N3O2.BrH/c1-19-28(17-24-18-31-24)14-15-29(19)23-13-12-22(16-23)26(25(27)30,20-8-4-2-5-9-20)21-10-6-3-7-11-21;/h2-11,22-24H,12-18H2,1H3,(H-,27,30);1H/t22-,23+,24?;/m1./s1. The van der Waals surface area contributed by atoms with Crippen molar-refractivity contribution in [2.75, 3.05) is 26.2 Å². The molecule has 170 valence electrons. The van der Waals surface area contributed by atoms with E-state index in [1.165, 1.54) is 5.84 Å². The van der Waals surface area contributed by atoms with Gasteiger partial charge in [-0.3, -0.25) is 14.3 Å². The molecular weight excluding hydrogens is 466 g/mol. The molecule has 0 bridgehead atoms. The number of carbonyl (C=O) groups is 1. The van der Waals surface area contributed by atoms with Crippen LogP contribution in [-0.4, -0.2) is 59.6 Å². The molecule has 3 atom stereocenters. The number of hydrogen-bond acceptors (Lipinski definition) is 3. The number of benzene rings is 2. The number of halogens is 1. The third-order valence-electron chi connectivity index (χ3n) is 7.62. The highest BCUT2D eigenvalue weighted by atomic mass is 79.9. The summed E-state index contributed by atoms with van der Waals surface area (Å²) in [6.45, 7) is 6.24. The summed E-state index contributed by atoms with van der Waals surface area (Å²) in [6, 6.07) is 20.8. The first-order valence-corrected chi connectivity index (χ1v) is 11.5. The van der Waals surface area contributed by atoms with Crippen molar-refractivity contribution < 1.29 is 31.1 Å². The van der Waals surface area contributed by atoms with Gasteiger partial charge in [-0.15, -0.1) is 0 Å². The summed E-state index contributed by atoms with van der Waals surface area (Å²) in [4.78, 5) is 15.7. The summed E-state index contributed by atoms with van der Waals surface area (Å²) < 4.78 is 8.00. The molecule has 0 spiro atoms. The van der Waals surface area contributed by atoms with Crippen LogP contribution in [0.2, 0.25) is 0 Å². The molecule has 2 aromatic carbocycles. The normalized spacial score (nSPS) is 25.0. The van der Waals surface area contributed by atoms with Crippen molar-refractivity contribution in [2.24, 2.45) is 11.7 Å². The molecule has 2 aromatic rings. The number of nitrogens with zero attached hydrogens (tertiary/aromatic N) is 2. The topological polar surface area (TPSA) is 61.9 Å². The lowest BCUT2D eigenvalue weighted by molar-refractivity contribution is -0.556. The van der Waals surface area contributed by atoms with E-state index < -0.39 is 5.41 Å². The fourth-order valence-electron chi connectivity index (χ4n) is 5.98. The zero-order valence-electron chi connectivity index (χ0n) is 18.6. The largest absolute Gasteiger partial charge is 1.00 e. The minimum atomic E-state index is -0.799. The molecular formula is C26H32BrN3O2. The predicted molar refractivity (Wildman–Crippen MR) is 121 cm³/mol. The van der Waals surface area contributed by atoms with Crippen LogP contribution < -0.4 is 22.7 Å². The lowest BCUT2D eigenvalue weighted by Gasteiger charge is -2.37. The average Bonchev–Trinajstić information content (AvgIpc) is 3.36. The van der Waals surface area contributed by atoms with Gasteiger partial charge in [0.25, 0.3) is 0 Å². The quantitative estimate of drug-likeness (QED) is 0.424. The molecule has 5 nitrogen and oxygen atoms in total. The van der Waals surface area contributed by atoms with Crippen LogP contribution in [0.1, 0.15) is 37.3 Å². The van der Waals surface area contributed by atoms with Crippen molar-refractivity contribution in [2.45, 2.75) is 43.7 Å². The Bertz CT molecular complexity index is 936. The van der Waals surface area contributed by atoms with E-state index in [2.05, 4.69) is 40.7 Å². The molecule has 0 radical (unpaired) electrons. The number of ether oxygens (including phenoxy) is 1. The molecule has 2 N–H and O–H groups in total. The fraction of sp³-hybridized carbons (Fsp3) is 0.462. The van der Waals surface area contributed by atoms with Gasteiger partial charge in [0.05, 0.1) is 12.6 Å². The van der Waals surface area contributed by atoms with Gasteiger partial charge in [-0.05, 0) is 36.3 Å². The van der Waals surface area contributed by atoms with Gasteiger partial charge in [-0.1, -0.05) is 60.7 Å². The number of rotatable bonds is 7. The molecule has 1 amide bonds. The smallest absolute Gasteiger partial charge is 0.244 e. The van der Waals surface area contributed by atoms with E-state index in [0.717, 1.165) is 56.6 Å². The second-order valence-electron chi connectivity index (χ2n) is 9.21. The van der Waals surface area contributed by atoms with Gasteiger partial charge in [0.15, 0.2) is 0 Å². The number of amidine groups is 1. The maximum absolute atomic E-state index is 13.3. The van der Waals surface area contributed by atoms with Crippen molar-refractivity contribution >= 4 is 11.7 Å². The maximum Gasteiger partial charge on any atom is 0.244 e. The van der Waals surface area contributed by atoms with E-state index in [4.69, 9.17) is 10.5 Å². The van der Waals surface area contributed by atoms with Crippen LogP contribution in [0.15, 0.2) is 60.7 Å². The first-order valence-electron chi connectivity index (χ1n) is 11.5. The number of carbonyl (C=O) groups excluding carboxylic acids is 1. The maximum atomic E-state index is 13.3. The van der Waals surface area contributed by atoms with Crippen LogP contribution in [0.4, 0.5) is 0 Å². The Kier molecular flexibility index (Phi) is 6.72. The number of epoxide rings is 1. The third-order valence-corrected chi connectivity index (χ3v) is 7.62. The summed E-state index contributed by atoms with van der Waals surface area (Å²) in [5, 5.41) is 0. The zero-order valence-corrected chi connectivity index (χ0v) is 20.2. The van der Waals surface area contributed by atoms with Gasteiger partial charge in [0.2, 0.25) is 11.7 Å². The van der Waals surface area contributed by atoms with Crippen LogP contribution in [0.3, 0.4) is 0 Å². The molecule has 0 aromatic heterocycles. The van der Waals surface area contributed by atoms with Crippen LogP contribution in [0, 0.1) is 5.92 Å². The van der Waals surface area contributed by atoms with Crippen molar-refractivity contribution in [3.05, 3.63) is 71.8 Å². The highest BCUT2D eigenvalue weighted by Crippen LogP contribution is 2.47. The molecule has 1 aliphatic carbocycles. The van der Waals surface area contributed by atoms with Gasteiger partial charge in [-0.25, -0.2) is 0 Å². The Balaban J connectivity index is 0.00000245. The van der Waals surface area contributed by atoms with Crippen LogP contribution in [-0.2, 0) is 14.9 Å². The van der Waals surface area contributed by atoms with Gasteiger partial charge >= 0.3 is 0 Å². The second-order valence-corrected chi connectivity index (χ2v) is 9.21. The molecule has 2 aliphatic heterocycles. The highest BCUT2D eigenvalue weighted by molar-refractivity contribution is 5.91. The summed E-state index contributed by atoms with van der Waals surface area (Å²) >= 11 is 0. The third kappa shape index (κ3) is 3.99. The molecule has 1 saturated heterocycles. The predicted octanol–water partition coefficient (Wildman–Crippen LogP) is -0.224. The van der Waals surface area contributed by atoms with Crippen molar-refractivity contribution in [3.8, 4) is 0 Å². The van der Waals surface area contributed by atoms with E-state index in [0.29, 0.717) is 12.1 Å². The van der Waals surface area contributed by atoms with E-state index >= 15 is 0 Å². The van der Waals surface area contributed by atoms with Gasteiger partial charge in [0, 0.05) is 6.92 Å². The van der Waals surface area contributed by atoms with E-state index in [9.17, 15) is 4.79 Å². The summed E-state index contributed by atoms with van der Waals surface area (Å²) in [6.07, 6.45) is 3.46. The number of hydrogen-bond donors (Lipinski definition) is 1. The molecule has 2 heterocycles. The Morgan fingerprint density at radius 3 is 2.22 bits per heavy atom. The Labute approximate surface area is 201 Å². The molecule has 6 heteroatoms. The van der Waals surface area contributed by atoms with Gasteiger partial charge < -0.3 is 27.5 Å². The second kappa shape index (κ2) is 9.36. The van der Waals surface area contributed by atoms with Crippen molar-refractivity contribution in [1.29, 1.82) is 0 Å². The molecule has 1 unspecified atom stereocenters. The van der Waals surface area contributed by atoms with Crippen LogP contribution >= 0.6 is 0 Å². The van der Waals surface area contributed by atoms with Gasteiger partial charge in [-0.2, -0.15) is 0 Å². The summed E-state index contributed by atoms with van der Waals surface area (Å²) in [7, 11) is 0. The molecule has 3 aliphatic rings. The van der Waals surface area contributed by atoms with E-state index in [1.807, 2.05) is 36.4 Å². The van der Waals surface area contributed by atoms with Gasteiger partial charge in [0.1, 0.15) is 31.2 Å². The zero-order chi connectivity index (χ0) is 21.4. The van der Waals surface area contributed by atoms with Crippen LogP contribution in [0.5, 0.6) is 0 Å². The molecule has 2 fully saturated rings. The monoisotopic (exact) mass is 497 g/mol. The molecule has 32 heavy (non-hydrogen) atoms. The number of amides is 1. The van der Waals surface area contributed by atoms with Crippen molar-refractivity contribution in [3.63, 3.8) is 0 Å². The van der Waals surface area contributed by atoms with E-state index in [1.54, 1.807) is 0 Å². The fourth-order valence-corrected chi connectivity index (χ4v) is 5.98. The molecule has 5 rings (SSSR count). The average molecular weight is 498 g/mol. The SMILES string of the molecule is CC1=[N+]([C@H]2CC[C@@H](C(C(N)=O)(c3ccccc3)c3ccccc3)C2)CCN1CC1CO1.[Br-]. The Morgan fingerprint density at radius 1 is 1.09 bits per heavy atom. The summed E-state index contributed by atoms with van der Waals surface area (Å²) in [5.41, 5.74) is 7.46. The van der Waals surface area contributed by atoms with Crippen molar-refractivity contribution in [1.82, 2.24) is 4.90 Å². The molecule has 1 saturated carbocycles. The summed E-state index contributed by atoms with van der Waals surface area (Å²) in [5.74, 6) is 1.28. The first kappa shape index (κ1) is 23.0. The van der Waals surface area contributed by atoms with E-state index in [-0.39, 0.29) is 28.8 Å². The lowest BCUT2D eigenvalue weighted by Crippen LogP contribution is -3.00.